The van der Waals surface area contributed by atoms with E-state index in [-0.39, 0.29) is 23.4 Å². The smallest absolute Gasteiger partial charge is 0.293 e. The van der Waals surface area contributed by atoms with Gasteiger partial charge in [-0.3, -0.25) is 24.6 Å². The summed E-state index contributed by atoms with van der Waals surface area (Å²) in [6.07, 6.45) is 1.64. The van der Waals surface area contributed by atoms with E-state index in [1.165, 1.54) is 19.2 Å². The average molecular weight is 528 g/mol. The van der Waals surface area contributed by atoms with Crippen molar-refractivity contribution in [2.45, 2.75) is 6.61 Å². The number of nitrogens with zero attached hydrogens (tertiary/aromatic N) is 2. The van der Waals surface area contributed by atoms with Crippen LogP contribution in [0.5, 0.6) is 5.75 Å². The van der Waals surface area contributed by atoms with Crippen molar-refractivity contribution in [2.24, 2.45) is 0 Å². The molecule has 0 spiro atoms. The van der Waals surface area contributed by atoms with Gasteiger partial charge in [-0.1, -0.05) is 0 Å². The third-order valence-electron chi connectivity index (χ3n) is 3.84. The topological polar surface area (TPSA) is 89.8 Å². The summed E-state index contributed by atoms with van der Waals surface area (Å²) in [5.41, 5.74) is 1.53. The van der Waals surface area contributed by atoms with E-state index in [0.717, 1.165) is 27.8 Å². The number of rotatable bonds is 5. The van der Waals surface area contributed by atoms with Crippen LogP contribution in [0.3, 0.4) is 0 Å². The Morgan fingerprint density at radius 1 is 1.18 bits per heavy atom. The van der Waals surface area contributed by atoms with Gasteiger partial charge in [0.25, 0.3) is 16.8 Å². The van der Waals surface area contributed by atoms with Crippen molar-refractivity contribution in [3.05, 3.63) is 71.5 Å². The maximum Gasteiger partial charge on any atom is 0.293 e. The van der Waals surface area contributed by atoms with E-state index in [9.17, 15) is 19.7 Å². The molecule has 2 amide bonds. The molecule has 0 saturated carbocycles. The molecule has 144 valence electrons. The number of non-ortho nitro benzene ring substituents is 1. The Hall–Kier alpha value is -2.17. The van der Waals surface area contributed by atoms with Gasteiger partial charge in [0.1, 0.15) is 12.4 Å². The van der Waals surface area contributed by atoms with Crippen LogP contribution >= 0.6 is 43.6 Å². The standard InChI is InChI=1S/C18H12Br2N2O5S/c1-21-17(23)15(28-18(21)24)8-11-6-13(19)16(14(20)7-11)27-9-10-2-4-12(5-3-10)22(25)26/h2-8H,9H2,1H3/b15-8-. The van der Waals surface area contributed by atoms with Crippen LogP contribution in [0.25, 0.3) is 6.08 Å². The second kappa shape index (κ2) is 8.46. The molecule has 0 unspecified atom stereocenters. The maximum absolute atomic E-state index is 12.0. The molecule has 2 aromatic rings. The van der Waals surface area contributed by atoms with E-state index >= 15 is 0 Å². The van der Waals surface area contributed by atoms with Gasteiger partial charge in [0.2, 0.25) is 0 Å². The van der Waals surface area contributed by atoms with Crippen molar-refractivity contribution in [3.63, 3.8) is 0 Å². The molecule has 1 aliphatic rings. The van der Waals surface area contributed by atoms with E-state index < -0.39 is 4.92 Å². The molecule has 3 rings (SSSR count). The zero-order chi connectivity index (χ0) is 20.4. The number of benzene rings is 2. The van der Waals surface area contributed by atoms with Gasteiger partial charge in [-0.2, -0.15) is 0 Å². The van der Waals surface area contributed by atoms with Gasteiger partial charge in [0.15, 0.2) is 0 Å². The molecule has 0 atom stereocenters. The lowest BCUT2D eigenvalue weighted by Crippen LogP contribution is -2.22. The van der Waals surface area contributed by atoms with Crippen molar-refractivity contribution in [1.82, 2.24) is 4.90 Å². The van der Waals surface area contributed by atoms with Crippen molar-refractivity contribution in [3.8, 4) is 5.75 Å². The van der Waals surface area contributed by atoms with Crippen molar-refractivity contribution < 1.29 is 19.2 Å². The summed E-state index contributed by atoms with van der Waals surface area (Å²) < 4.78 is 7.13. The first-order chi connectivity index (χ1) is 13.3. The number of ether oxygens (including phenoxy) is 1. The third kappa shape index (κ3) is 4.45. The van der Waals surface area contributed by atoms with E-state index in [1.807, 2.05) is 0 Å². The van der Waals surface area contributed by atoms with Crippen LogP contribution < -0.4 is 4.74 Å². The van der Waals surface area contributed by atoms with E-state index in [0.29, 0.717) is 19.6 Å². The van der Waals surface area contributed by atoms with Gasteiger partial charge in [-0.15, -0.1) is 0 Å². The molecule has 1 fully saturated rings. The first kappa shape index (κ1) is 20.6. The Morgan fingerprint density at radius 3 is 2.29 bits per heavy atom. The molecule has 1 saturated heterocycles. The number of hydrogen-bond donors (Lipinski definition) is 0. The molecular formula is C18H12Br2N2O5S. The minimum Gasteiger partial charge on any atom is -0.487 e. The fourth-order valence-corrected chi connectivity index (χ4v) is 4.65. The van der Waals surface area contributed by atoms with Crippen LogP contribution in [0.2, 0.25) is 0 Å². The monoisotopic (exact) mass is 526 g/mol. The molecule has 10 heteroatoms. The Morgan fingerprint density at radius 2 is 1.79 bits per heavy atom. The Kier molecular flexibility index (Phi) is 6.21. The number of hydrogen-bond acceptors (Lipinski definition) is 6. The van der Waals surface area contributed by atoms with Crippen LogP contribution in [-0.2, 0) is 11.4 Å². The highest BCUT2D eigenvalue weighted by Gasteiger charge is 2.31. The second-order valence-corrected chi connectivity index (χ2v) is 8.47. The summed E-state index contributed by atoms with van der Waals surface area (Å²) in [5, 5.41) is 10.4. The first-order valence-electron chi connectivity index (χ1n) is 7.83. The lowest BCUT2D eigenvalue weighted by atomic mass is 10.2. The SMILES string of the molecule is CN1C(=O)S/C(=C\c2cc(Br)c(OCc3ccc([N+](=O)[O-])cc3)c(Br)c2)C1=O. The fraction of sp³-hybridized carbons (Fsp3) is 0.111. The molecule has 28 heavy (non-hydrogen) atoms. The molecule has 0 aliphatic carbocycles. The van der Waals surface area contributed by atoms with Gasteiger partial charge in [0, 0.05) is 19.2 Å². The molecule has 0 N–H and O–H groups in total. The molecule has 1 aliphatic heterocycles. The summed E-state index contributed by atoms with van der Waals surface area (Å²) in [6.45, 7) is 0.225. The number of carbonyl (C=O) groups excluding carboxylic acids is 2. The minimum absolute atomic E-state index is 0.0203. The number of thioether (sulfide) groups is 1. The summed E-state index contributed by atoms with van der Waals surface area (Å²) in [4.78, 5) is 35.3. The van der Waals surface area contributed by atoms with E-state index in [2.05, 4.69) is 31.9 Å². The largest absolute Gasteiger partial charge is 0.487 e. The highest BCUT2D eigenvalue weighted by Crippen LogP contribution is 2.37. The normalized spacial score (nSPS) is 15.4. The number of carbonyl (C=O) groups is 2. The highest BCUT2D eigenvalue weighted by atomic mass is 79.9. The lowest BCUT2D eigenvalue weighted by molar-refractivity contribution is -0.384. The van der Waals surface area contributed by atoms with Gasteiger partial charge in [-0.05, 0) is 85.1 Å². The summed E-state index contributed by atoms with van der Waals surface area (Å²) in [7, 11) is 1.44. The van der Waals surface area contributed by atoms with Crippen LogP contribution in [-0.4, -0.2) is 28.0 Å². The molecule has 7 nitrogen and oxygen atoms in total. The molecule has 0 bridgehead atoms. The van der Waals surface area contributed by atoms with Crippen molar-refractivity contribution >= 4 is 66.5 Å². The summed E-state index contributed by atoms with van der Waals surface area (Å²) in [6, 6.07) is 9.67. The van der Waals surface area contributed by atoms with Crippen LogP contribution in [0.4, 0.5) is 10.5 Å². The fourth-order valence-electron chi connectivity index (χ4n) is 2.37. The number of amides is 2. The Labute approximate surface area is 181 Å². The van der Waals surface area contributed by atoms with Crippen LogP contribution in [0, 0.1) is 10.1 Å². The quantitative estimate of drug-likeness (QED) is 0.295. The van der Waals surface area contributed by atoms with Crippen molar-refractivity contribution in [1.29, 1.82) is 0 Å². The van der Waals surface area contributed by atoms with Crippen LogP contribution in [0.15, 0.2) is 50.2 Å². The van der Waals surface area contributed by atoms with E-state index in [4.69, 9.17) is 4.74 Å². The van der Waals surface area contributed by atoms with Crippen LogP contribution in [0.1, 0.15) is 11.1 Å². The minimum atomic E-state index is -0.455. The summed E-state index contributed by atoms with van der Waals surface area (Å²) in [5.74, 6) is 0.222. The molecule has 0 radical (unpaired) electrons. The number of nitro groups is 1. The number of imide groups is 1. The lowest BCUT2D eigenvalue weighted by Gasteiger charge is -2.11. The van der Waals surface area contributed by atoms with Gasteiger partial charge < -0.3 is 4.74 Å². The predicted octanol–water partition coefficient (Wildman–Crippen LogP) is 5.36. The highest BCUT2D eigenvalue weighted by molar-refractivity contribution is 9.11. The van der Waals surface area contributed by atoms with Gasteiger partial charge >= 0.3 is 0 Å². The molecule has 2 aromatic carbocycles. The average Bonchev–Trinajstić information content (AvgIpc) is 2.88. The Bertz CT molecular complexity index is 985. The number of likely N-dealkylation sites (N-methyl/N-ethyl adjacent to an activating group) is 1. The molecular weight excluding hydrogens is 516 g/mol. The van der Waals surface area contributed by atoms with Gasteiger partial charge in [-0.25, -0.2) is 0 Å². The molecule has 0 aromatic heterocycles. The third-order valence-corrected chi connectivity index (χ3v) is 5.97. The number of nitro benzene ring substituents is 1. The first-order valence-corrected chi connectivity index (χ1v) is 10.2. The number of halogens is 2. The van der Waals surface area contributed by atoms with Gasteiger partial charge in [0.05, 0.1) is 18.8 Å². The van der Waals surface area contributed by atoms with E-state index in [1.54, 1.807) is 30.3 Å². The predicted molar refractivity (Wildman–Crippen MR) is 113 cm³/mol. The second-order valence-electron chi connectivity index (χ2n) is 5.77. The zero-order valence-corrected chi connectivity index (χ0v) is 18.3. The summed E-state index contributed by atoms with van der Waals surface area (Å²) >= 11 is 7.79. The van der Waals surface area contributed by atoms with Crippen molar-refractivity contribution in [2.75, 3.05) is 7.05 Å². The Balaban J connectivity index is 1.76. The maximum atomic E-state index is 12.0. The molecule has 1 heterocycles. The zero-order valence-electron chi connectivity index (χ0n) is 14.3.